The maximum absolute atomic E-state index is 12.6. The molecule has 2 heterocycles. The summed E-state index contributed by atoms with van der Waals surface area (Å²) >= 11 is 1.44. The number of hydrogen-bond donors (Lipinski definition) is 2. The lowest BCUT2D eigenvalue weighted by Crippen LogP contribution is -2.11. The molecular weight excluding hydrogens is 320 g/mol. The normalized spacial score (nSPS) is 11.0. The van der Waals surface area contributed by atoms with Gasteiger partial charge in [-0.25, -0.2) is 4.98 Å². The lowest BCUT2D eigenvalue weighted by molar-refractivity contribution is 0.103. The first-order chi connectivity index (χ1) is 11.5. The summed E-state index contributed by atoms with van der Waals surface area (Å²) in [6.45, 7) is 6.18. The van der Waals surface area contributed by atoms with Gasteiger partial charge in [-0.15, -0.1) is 11.3 Å². The zero-order valence-corrected chi connectivity index (χ0v) is 14.8. The summed E-state index contributed by atoms with van der Waals surface area (Å²) in [6, 6.07) is 9.80. The Kier molecular flexibility index (Phi) is 4.76. The number of rotatable bonds is 5. The molecule has 0 saturated carbocycles. The fourth-order valence-electron chi connectivity index (χ4n) is 2.42. The molecule has 0 radical (unpaired) electrons. The number of carbonyl (C=O) groups is 1. The summed E-state index contributed by atoms with van der Waals surface area (Å²) in [6.07, 6.45) is 2.53. The number of nitrogens with one attached hydrogen (secondary N) is 2. The third kappa shape index (κ3) is 3.54. The molecule has 3 aromatic rings. The van der Waals surface area contributed by atoms with Crippen LogP contribution < -0.4 is 5.32 Å². The van der Waals surface area contributed by atoms with Crippen LogP contribution in [0.15, 0.2) is 36.5 Å². The van der Waals surface area contributed by atoms with Gasteiger partial charge in [0, 0.05) is 12.0 Å². The standard InChI is InChI=1S/C18H20N4OS/c1-11(2)9-15-19-10-14(24-15)18(23)20-16-12(3)21-22-17(16)13-7-5-4-6-8-13/h4-8,10-11H,9H2,1-3H3,(H,20,23)(H,21,22). The van der Waals surface area contributed by atoms with Gasteiger partial charge in [-0.1, -0.05) is 44.2 Å². The van der Waals surface area contributed by atoms with Crippen molar-refractivity contribution in [3.63, 3.8) is 0 Å². The first-order valence-corrected chi connectivity index (χ1v) is 8.72. The highest BCUT2D eigenvalue weighted by atomic mass is 32.1. The second-order valence-electron chi connectivity index (χ2n) is 6.11. The molecule has 0 saturated heterocycles. The number of aromatic amines is 1. The molecule has 0 spiro atoms. The van der Waals surface area contributed by atoms with Crippen molar-refractivity contribution in [1.82, 2.24) is 15.2 Å². The molecule has 1 aromatic carbocycles. The van der Waals surface area contributed by atoms with E-state index in [1.54, 1.807) is 6.20 Å². The van der Waals surface area contributed by atoms with Gasteiger partial charge in [0.2, 0.25) is 0 Å². The Hall–Kier alpha value is -2.47. The number of amides is 1. The van der Waals surface area contributed by atoms with Crippen molar-refractivity contribution in [1.29, 1.82) is 0 Å². The lowest BCUT2D eigenvalue weighted by Gasteiger charge is -2.05. The second-order valence-corrected chi connectivity index (χ2v) is 7.22. The average molecular weight is 340 g/mol. The molecule has 2 N–H and O–H groups in total. The molecule has 0 aliphatic carbocycles. The van der Waals surface area contributed by atoms with Gasteiger partial charge in [0.25, 0.3) is 5.91 Å². The van der Waals surface area contributed by atoms with E-state index in [1.165, 1.54) is 11.3 Å². The van der Waals surface area contributed by atoms with E-state index in [1.807, 2.05) is 37.3 Å². The molecule has 0 unspecified atom stereocenters. The van der Waals surface area contributed by atoms with Crippen LogP contribution in [0.3, 0.4) is 0 Å². The first kappa shape index (κ1) is 16.4. The highest BCUT2D eigenvalue weighted by Crippen LogP contribution is 2.29. The minimum absolute atomic E-state index is 0.149. The number of aryl methyl sites for hydroxylation is 1. The van der Waals surface area contributed by atoms with Crippen molar-refractivity contribution in [3.8, 4) is 11.3 Å². The molecule has 6 heteroatoms. The van der Waals surface area contributed by atoms with Crippen molar-refractivity contribution in [2.75, 3.05) is 5.32 Å². The van der Waals surface area contributed by atoms with Crippen LogP contribution in [-0.4, -0.2) is 21.1 Å². The number of nitrogens with zero attached hydrogens (tertiary/aromatic N) is 2. The van der Waals surface area contributed by atoms with Gasteiger partial charge < -0.3 is 5.32 Å². The summed E-state index contributed by atoms with van der Waals surface area (Å²) in [7, 11) is 0. The minimum atomic E-state index is -0.149. The van der Waals surface area contributed by atoms with Gasteiger partial charge in [0.05, 0.1) is 22.6 Å². The second kappa shape index (κ2) is 6.97. The molecule has 0 fully saturated rings. The van der Waals surface area contributed by atoms with Crippen LogP contribution in [-0.2, 0) is 6.42 Å². The summed E-state index contributed by atoms with van der Waals surface area (Å²) in [5.74, 6) is 0.372. The van der Waals surface area contributed by atoms with Crippen LogP contribution in [0.5, 0.6) is 0 Å². The Morgan fingerprint density at radius 3 is 2.75 bits per heavy atom. The molecule has 0 aliphatic heterocycles. The smallest absolute Gasteiger partial charge is 0.267 e. The van der Waals surface area contributed by atoms with Gasteiger partial charge in [0.1, 0.15) is 10.6 Å². The molecule has 5 nitrogen and oxygen atoms in total. The molecule has 3 rings (SSSR count). The Balaban J connectivity index is 1.82. The van der Waals surface area contributed by atoms with Crippen LogP contribution in [0.1, 0.15) is 34.2 Å². The van der Waals surface area contributed by atoms with Crippen LogP contribution in [0.25, 0.3) is 11.3 Å². The monoisotopic (exact) mass is 340 g/mol. The lowest BCUT2D eigenvalue weighted by atomic mass is 10.1. The summed E-state index contributed by atoms with van der Waals surface area (Å²) in [5, 5.41) is 11.2. The Labute approximate surface area is 145 Å². The van der Waals surface area contributed by atoms with E-state index < -0.39 is 0 Å². The molecule has 1 amide bonds. The van der Waals surface area contributed by atoms with Crippen LogP contribution in [0.4, 0.5) is 5.69 Å². The van der Waals surface area contributed by atoms with Crippen LogP contribution in [0.2, 0.25) is 0 Å². The van der Waals surface area contributed by atoms with E-state index in [4.69, 9.17) is 0 Å². The molecular formula is C18H20N4OS. The zero-order chi connectivity index (χ0) is 17.1. The number of anilines is 1. The highest BCUT2D eigenvalue weighted by Gasteiger charge is 2.17. The number of H-pyrrole nitrogens is 1. The van der Waals surface area contributed by atoms with Gasteiger partial charge in [-0.2, -0.15) is 5.10 Å². The third-order valence-electron chi connectivity index (χ3n) is 3.59. The summed E-state index contributed by atoms with van der Waals surface area (Å²) < 4.78 is 0. The van der Waals surface area contributed by atoms with Crippen LogP contribution in [0, 0.1) is 12.8 Å². The Bertz CT molecular complexity index is 836. The van der Waals surface area contributed by atoms with Gasteiger partial charge >= 0.3 is 0 Å². The summed E-state index contributed by atoms with van der Waals surface area (Å²) in [4.78, 5) is 17.5. The summed E-state index contributed by atoms with van der Waals surface area (Å²) in [5.41, 5.74) is 3.24. The van der Waals surface area contributed by atoms with Gasteiger partial charge in [0.15, 0.2) is 0 Å². The van der Waals surface area contributed by atoms with E-state index in [2.05, 4.69) is 34.3 Å². The van der Waals surface area contributed by atoms with E-state index in [0.717, 1.165) is 28.4 Å². The Morgan fingerprint density at radius 2 is 2.04 bits per heavy atom. The topological polar surface area (TPSA) is 70.7 Å². The molecule has 0 aliphatic rings. The molecule has 2 aromatic heterocycles. The van der Waals surface area contributed by atoms with E-state index in [-0.39, 0.29) is 5.91 Å². The number of aromatic nitrogens is 3. The predicted molar refractivity (Wildman–Crippen MR) is 97.4 cm³/mol. The quantitative estimate of drug-likeness (QED) is 0.728. The number of carbonyl (C=O) groups excluding carboxylic acids is 1. The van der Waals surface area contributed by atoms with E-state index in [9.17, 15) is 4.79 Å². The fraction of sp³-hybridized carbons (Fsp3) is 0.278. The number of thiazole rings is 1. The Morgan fingerprint density at radius 1 is 1.29 bits per heavy atom. The fourth-order valence-corrected chi connectivity index (χ4v) is 3.45. The van der Waals surface area contributed by atoms with Crippen molar-refractivity contribution in [2.24, 2.45) is 5.92 Å². The van der Waals surface area contributed by atoms with Gasteiger partial charge in [-0.3, -0.25) is 9.89 Å². The minimum Gasteiger partial charge on any atom is -0.318 e. The molecule has 0 atom stereocenters. The maximum Gasteiger partial charge on any atom is 0.267 e. The van der Waals surface area contributed by atoms with Crippen molar-refractivity contribution < 1.29 is 4.79 Å². The SMILES string of the molecule is Cc1[nH]nc(-c2ccccc2)c1NC(=O)c1cnc(CC(C)C)s1. The largest absolute Gasteiger partial charge is 0.318 e. The third-order valence-corrected chi connectivity index (χ3v) is 4.61. The van der Waals surface area contributed by atoms with Crippen LogP contribution >= 0.6 is 11.3 Å². The first-order valence-electron chi connectivity index (χ1n) is 7.91. The van der Waals surface area contributed by atoms with E-state index >= 15 is 0 Å². The predicted octanol–water partition coefficient (Wildman–Crippen LogP) is 4.29. The molecule has 124 valence electrons. The average Bonchev–Trinajstić information content (AvgIpc) is 3.15. The number of benzene rings is 1. The van der Waals surface area contributed by atoms with Crippen molar-refractivity contribution in [2.45, 2.75) is 27.2 Å². The molecule has 24 heavy (non-hydrogen) atoms. The number of hydrogen-bond acceptors (Lipinski definition) is 4. The molecule has 0 bridgehead atoms. The van der Waals surface area contributed by atoms with E-state index in [0.29, 0.717) is 16.5 Å². The highest BCUT2D eigenvalue weighted by molar-refractivity contribution is 7.13. The van der Waals surface area contributed by atoms with Crippen molar-refractivity contribution in [3.05, 3.63) is 52.1 Å². The zero-order valence-electron chi connectivity index (χ0n) is 14.0. The van der Waals surface area contributed by atoms with Gasteiger partial charge in [-0.05, 0) is 12.8 Å². The maximum atomic E-state index is 12.6. The van der Waals surface area contributed by atoms with Crippen molar-refractivity contribution >= 4 is 22.9 Å².